The minimum atomic E-state index is -1.23. The number of hydrogen-bond donors (Lipinski definition) is 3. The van der Waals surface area contributed by atoms with Gasteiger partial charge >= 0.3 is 5.97 Å². The third kappa shape index (κ3) is 6.91. The van der Waals surface area contributed by atoms with Crippen LogP contribution in [0.25, 0.3) is 0 Å². The highest BCUT2D eigenvalue weighted by Crippen LogP contribution is 2.32. The summed E-state index contributed by atoms with van der Waals surface area (Å²) in [6.45, 7) is 3.64. The van der Waals surface area contributed by atoms with Crippen molar-refractivity contribution >= 4 is 5.97 Å². The summed E-state index contributed by atoms with van der Waals surface area (Å²) in [5.74, 6) is -2.19. The van der Waals surface area contributed by atoms with Crippen LogP contribution in [0, 0.1) is 0 Å². The van der Waals surface area contributed by atoms with Gasteiger partial charge in [0.1, 0.15) is 5.56 Å². The fourth-order valence-electron chi connectivity index (χ4n) is 2.50. The molecule has 1 aromatic rings. The molecule has 5 nitrogen and oxygen atoms in total. The van der Waals surface area contributed by atoms with Gasteiger partial charge in [0.15, 0.2) is 11.5 Å². The zero-order valence-corrected chi connectivity index (χ0v) is 13.9. The van der Waals surface area contributed by atoms with Crippen molar-refractivity contribution in [3.05, 3.63) is 23.3 Å². The van der Waals surface area contributed by atoms with Gasteiger partial charge in [-0.25, -0.2) is 4.79 Å². The zero-order valence-electron chi connectivity index (χ0n) is 13.9. The molecule has 23 heavy (non-hydrogen) atoms. The average molecular weight is 324 g/mol. The minimum Gasteiger partial charge on any atom is -0.504 e. The lowest BCUT2D eigenvalue weighted by atomic mass is 10.0. The quantitative estimate of drug-likeness (QED) is 0.398. The second-order valence-corrected chi connectivity index (χ2v) is 5.76. The highest BCUT2D eigenvalue weighted by molar-refractivity contribution is 5.93. The Kier molecular flexibility index (Phi) is 9.14. The van der Waals surface area contributed by atoms with Crippen molar-refractivity contribution in [2.75, 3.05) is 13.2 Å². The van der Waals surface area contributed by atoms with E-state index in [0.29, 0.717) is 18.6 Å². The molecule has 0 aliphatic heterocycles. The maximum atomic E-state index is 11.2. The molecule has 5 heteroatoms. The summed E-state index contributed by atoms with van der Waals surface area (Å²) in [5, 5.41) is 28.2. The monoisotopic (exact) mass is 324 g/mol. The van der Waals surface area contributed by atoms with E-state index in [9.17, 15) is 15.0 Å². The highest BCUT2D eigenvalue weighted by atomic mass is 16.5. The maximum absolute atomic E-state index is 11.2. The number of unbranched alkanes of at least 4 members (excludes halogenated alkanes) is 5. The molecule has 0 saturated heterocycles. The van der Waals surface area contributed by atoms with Crippen LogP contribution in [0.1, 0.15) is 67.8 Å². The van der Waals surface area contributed by atoms with Gasteiger partial charge in [-0.1, -0.05) is 38.7 Å². The van der Waals surface area contributed by atoms with Gasteiger partial charge in [0.25, 0.3) is 0 Å². The van der Waals surface area contributed by atoms with E-state index in [-0.39, 0.29) is 5.56 Å². The van der Waals surface area contributed by atoms with Crippen LogP contribution in [0.4, 0.5) is 0 Å². The summed E-state index contributed by atoms with van der Waals surface area (Å²) in [6, 6.07) is 2.87. The number of aromatic carboxylic acids is 1. The Morgan fingerprint density at radius 1 is 1.00 bits per heavy atom. The van der Waals surface area contributed by atoms with Crippen molar-refractivity contribution in [3.8, 4) is 11.5 Å². The molecule has 0 aliphatic carbocycles. The van der Waals surface area contributed by atoms with Gasteiger partial charge in [-0.3, -0.25) is 0 Å². The number of rotatable bonds is 12. The van der Waals surface area contributed by atoms with E-state index in [4.69, 9.17) is 9.84 Å². The van der Waals surface area contributed by atoms with Crippen LogP contribution in [-0.4, -0.2) is 34.5 Å². The van der Waals surface area contributed by atoms with Crippen molar-refractivity contribution in [2.45, 2.75) is 58.3 Å². The van der Waals surface area contributed by atoms with Gasteiger partial charge in [0.05, 0.1) is 0 Å². The molecule has 0 fully saturated rings. The zero-order chi connectivity index (χ0) is 17.1. The predicted molar refractivity (Wildman–Crippen MR) is 89.2 cm³/mol. The number of carboxylic acid groups (broad SMARTS) is 1. The van der Waals surface area contributed by atoms with Crippen LogP contribution in [0.5, 0.6) is 11.5 Å². The molecule has 0 aliphatic rings. The Labute approximate surface area is 137 Å². The summed E-state index contributed by atoms with van der Waals surface area (Å²) < 4.78 is 5.57. The molecule has 0 amide bonds. The number of phenolic OH excluding ortho intramolecular Hbond substituents is 1. The summed E-state index contributed by atoms with van der Waals surface area (Å²) in [4.78, 5) is 11.2. The summed E-state index contributed by atoms with van der Waals surface area (Å²) >= 11 is 0. The molecule has 0 atom stereocenters. The fraction of sp³-hybridized carbons (Fsp3) is 0.611. The largest absolute Gasteiger partial charge is 0.504 e. The van der Waals surface area contributed by atoms with E-state index in [1.54, 1.807) is 6.07 Å². The van der Waals surface area contributed by atoms with Crippen molar-refractivity contribution in [1.82, 2.24) is 0 Å². The van der Waals surface area contributed by atoms with Gasteiger partial charge < -0.3 is 20.1 Å². The van der Waals surface area contributed by atoms with E-state index in [1.807, 2.05) is 0 Å². The van der Waals surface area contributed by atoms with E-state index >= 15 is 0 Å². The van der Waals surface area contributed by atoms with Crippen LogP contribution in [0.2, 0.25) is 0 Å². The first kappa shape index (κ1) is 19.3. The summed E-state index contributed by atoms with van der Waals surface area (Å²) in [6.07, 6.45) is 8.25. The molecule has 0 unspecified atom stereocenters. The second-order valence-electron chi connectivity index (χ2n) is 5.76. The molecule has 3 N–H and O–H groups in total. The predicted octanol–water partition coefficient (Wildman–Crippen LogP) is 4.11. The van der Waals surface area contributed by atoms with Gasteiger partial charge in [-0.05, 0) is 37.3 Å². The van der Waals surface area contributed by atoms with Gasteiger partial charge in [-0.15, -0.1) is 0 Å². The Hall–Kier alpha value is -1.75. The third-order valence-corrected chi connectivity index (χ3v) is 3.83. The van der Waals surface area contributed by atoms with Crippen molar-refractivity contribution in [1.29, 1.82) is 0 Å². The lowest BCUT2D eigenvalue weighted by molar-refractivity contribution is 0.0691. The van der Waals surface area contributed by atoms with E-state index in [0.717, 1.165) is 25.9 Å². The van der Waals surface area contributed by atoms with Crippen molar-refractivity contribution < 1.29 is 24.9 Å². The van der Waals surface area contributed by atoms with Crippen LogP contribution in [-0.2, 0) is 11.2 Å². The van der Waals surface area contributed by atoms with Gasteiger partial charge in [0.2, 0.25) is 0 Å². The van der Waals surface area contributed by atoms with Crippen LogP contribution in [0.15, 0.2) is 12.1 Å². The molecule has 0 heterocycles. The molecule has 0 radical (unpaired) electrons. The number of aromatic hydroxyl groups is 2. The Morgan fingerprint density at radius 3 is 2.30 bits per heavy atom. The number of phenols is 2. The number of aryl methyl sites for hydroxylation is 1. The second kappa shape index (κ2) is 10.9. The number of benzene rings is 1. The Bertz CT molecular complexity index is 485. The number of ether oxygens (including phenoxy) is 1. The molecule has 0 spiro atoms. The van der Waals surface area contributed by atoms with E-state index in [2.05, 4.69) is 6.92 Å². The summed E-state index contributed by atoms with van der Waals surface area (Å²) in [5.41, 5.74) is 0.328. The first-order valence-electron chi connectivity index (χ1n) is 8.42. The lowest BCUT2D eigenvalue weighted by Gasteiger charge is -2.09. The van der Waals surface area contributed by atoms with Gasteiger partial charge in [-0.2, -0.15) is 0 Å². The SMILES string of the molecule is CCCCCCCOCCCCc1ccc(O)c(O)c1C(=O)O. The topological polar surface area (TPSA) is 87.0 Å². The van der Waals surface area contributed by atoms with Crippen molar-refractivity contribution in [3.63, 3.8) is 0 Å². The minimum absolute atomic E-state index is 0.207. The molecular weight excluding hydrogens is 296 g/mol. The molecule has 0 bridgehead atoms. The standard InChI is InChI=1S/C18H28O5/c1-2-3-4-5-7-12-23-13-8-6-9-14-10-11-15(19)17(20)16(14)18(21)22/h10-11,19-20H,2-9,12-13H2,1H3,(H,21,22). The van der Waals surface area contributed by atoms with Crippen LogP contribution < -0.4 is 0 Å². The maximum Gasteiger partial charge on any atom is 0.339 e. The van der Waals surface area contributed by atoms with E-state index < -0.39 is 17.5 Å². The molecular formula is C18H28O5. The fourth-order valence-corrected chi connectivity index (χ4v) is 2.50. The smallest absolute Gasteiger partial charge is 0.339 e. The van der Waals surface area contributed by atoms with Gasteiger partial charge in [0, 0.05) is 13.2 Å². The molecule has 0 saturated carbocycles. The number of carboxylic acids is 1. The Balaban J connectivity index is 2.24. The normalized spacial score (nSPS) is 10.8. The average Bonchev–Trinajstić information content (AvgIpc) is 2.52. The van der Waals surface area contributed by atoms with Crippen LogP contribution in [0.3, 0.4) is 0 Å². The first-order valence-corrected chi connectivity index (χ1v) is 8.42. The summed E-state index contributed by atoms with van der Waals surface area (Å²) in [7, 11) is 0. The first-order chi connectivity index (χ1) is 11.1. The molecule has 1 aromatic carbocycles. The number of carbonyl (C=O) groups is 1. The van der Waals surface area contributed by atoms with E-state index in [1.165, 1.54) is 31.7 Å². The van der Waals surface area contributed by atoms with Crippen molar-refractivity contribution in [2.24, 2.45) is 0 Å². The molecule has 130 valence electrons. The lowest BCUT2D eigenvalue weighted by Crippen LogP contribution is -2.04. The van der Waals surface area contributed by atoms with Crippen LogP contribution >= 0.6 is 0 Å². The highest BCUT2D eigenvalue weighted by Gasteiger charge is 2.18. The number of hydrogen-bond acceptors (Lipinski definition) is 4. The molecule has 1 rings (SSSR count). The Morgan fingerprint density at radius 2 is 1.65 bits per heavy atom. The molecule has 0 aromatic heterocycles. The third-order valence-electron chi connectivity index (χ3n) is 3.83.